The molecule has 134 valence electrons. The van der Waals surface area contributed by atoms with Gasteiger partial charge in [0, 0.05) is 19.0 Å². The van der Waals surface area contributed by atoms with Gasteiger partial charge in [0.05, 0.1) is 12.2 Å². The number of amides is 1. The van der Waals surface area contributed by atoms with Gasteiger partial charge in [-0.05, 0) is 26.2 Å². The van der Waals surface area contributed by atoms with Crippen LogP contribution < -0.4 is 5.69 Å². The van der Waals surface area contributed by atoms with Crippen LogP contribution in [-0.4, -0.2) is 49.6 Å². The number of fused-ring (bicyclic) bond motifs is 1. The highest BCUT2D eigenvalue weighted by molar-refractivity contribution is 5.81. The van der Waals surface area contributed by atoms with Gasteiger partial charge in [-0.2, -0.15) is 5.10 Å². The van der Waals surface area contributed by atoms with E-state index in [1.807, 2.05) is 0 Å². The quantitative estimate of drug-likeness (QED) is 0.819. The molecule has 1 saturated heterocycles. The molecule has 1 unspecified atom stereocenters. The maximum Gasteiger partial charge on any atom is 0.347 e. The molecule has 0 saturated carbocycles. The lowest BCUT2D eigenvalue weighted by Crippen LogP contribution is -2.41. The van der Waals surface area contributed by atoms with Gasteiger partial charge in [0.2, 0.25) is 5.91 Å². The Morgan fingerprint density at radius 3 is 2.96 bits per heavy atom. The first kappa shape index (κ1) is 16.0. The topological polar surface area (TPSA) is 86.2 Å². The molecule has 0 bridgehead atoms. The number of hydrogen-bond donors (Lipinski definition) is 0. The highest BCUT2D eigenvalue weighted by atomic mass is 19.1. The van der Waals surface area contributed by atoms with Crippen LogP contribution in [0, 0.1) is 6.92 Å². The minimum absolute atomic E-state index is 0.116. The average Bonchev–Trinajstić information content (AvgIpc) is 3.28. The molecule has 2 aromatic rings. The summed E-state index contributed by atoms with van der Waals surface area (Å²) in [5.74, 6) is 0.956. The first-order valence-corrected chi connectivity index (χ1v) is 8.56. The summed E-state index contributed by atoms with van der Waals surface area (Å²) in [5, 5.41) is 8.17. The summed E-state index contributed by atoms with van der Waals surface area (Å²) in [6, 6.07) is 1.16. The summed E-state index contributed by atoms with van der Waals surface area (Å²) in [6.45, 7) is 2.50. The lowest BCUT2D eigenvalue weighted by Gasteiger charge is -2.26. The molecule has 0 N–H and O–H groups in total. The number of aryl methyl sites for hydroxylation is 2. The zero-order chi connectivity index (χ0) is 17.6. The number of likely N-dealkylation sites (tertiary alicyclic amines) is 1. The van der Waals surface area contributed by atoms with Crippen LogP contribution in [0.4, 0.5) is 4.39 Å². The van der Waals surface area contributed by atoms with Crippen molar-refractivity contribution in [3.63, 3.8) is 0 Å². The second kappa shape index (κ2) is 6.12. The lowest BCUT2D eigenvalue weighted by atomic mass is 10.0. The fraction of sp³-hybridized carbons (Fsp3) is 0.625. The zero-order valence-corrected chi connectivity index (χ0v) is 14.0. The van der Waals surface area contributed by atoms with E-state index < -0.39 is 12.2 Å². The van der Waals surface area contributed by atoms with E-state index in [9.17, 15) is 14.0 Å². The van der Waals surface area contributed by atoms with Crippen LogP contribution in [0.3, 0.4) is 0 Å². The molecule has 9 heteroatoms. The standard InChI is InChI=1S/C16H20FN5O3/c1-10-7-12(25-19-10)9-21-16(24)22-13(3-2-4-14(22)18-21)15(23)20-6-5-11(17)8-20/h7,11,13H,2-6,8-9H2,1H3/t11-,13?/m0/s1. The number of hydrogen-bond acceptors (Lipinski definition) is 5. The van der Waals surface area contributed by atoms with E-state index in [2.05, 4.69) is 10.3 Å². The number of carbonyl (C=O) groups excluding carboxylic acids is 1. The summed E-state index contributed by atoms with van der Waals surface area (Å²) in [6.07, 6.45) is 1.39. The van der Waals surface area contributed by atoms with E-state index in [4.69, 9.17) is 4.52 Å². The molecule has 8 nitrogen and oxygen atoms in total. The minimum Gasteiger partial charge on any atom is -0.359 e. The maximum absolute atomic E-state index is 13.4. The van der Waals surface area contributed by atoms with E-state index >= 15 is 0 Å². The van der Waals surface area contributed by atoms with Crippen LogP contribution in [-0.2, 0) is 17.8 Å². The van der Waals surface area contributed by atoms with Gasteiger partial charge < -0.3 is 9.42 Å². The van der Waals surface area contributed by atoms with Gasteiger partial charge in [-0.3, -0.25) is 9.36 Å². The average molecular weight is 349 g/mol. The molecule has 2 aromatic heterocycles. The lowest BCUT2D eigenvalue weighted by molar-refractivity contribution is -0.134. The maximum atomic E-state index is 13.4. The Morgan fingerprint density at radius 1 is 1.44 bits per heavy atom. The van der Waals surface area contributed by atoms with Crippen molar-refractivity contribution in [2.75, 3.05) is 13.1 Å². The van der Waals surface area contributed by atoms with E-state index in [-0.39, 0.29) is 24.7 Å². The fourth-order valence-corrected chi connectivity index (χ4v) is 3.64. The van der Waals surface area contributed by atoms with Crippen molar-refractivity contribution in [3.8, 4) is 0 Å². The Kier molecular flexibility index (Phi) is 3.93. The summed E-state index contributed by atoms with van der Waals surface area (Å²) in [7, 11) is 0. The molecule has 2 aliphatic heterocycles. The summed E-state index contributed by atoms with van der Waals surface area (Å²) in [5.41, 5.74) is 0.396. The zero-order valence-electron chi connectivity index (χ0n) is 14.0. The third-order valence-corrected chi connectivity index (χ3v) is 4.84. The van der Waals surface area contributed by atoms with Gasteiger partial charge >= 0.3 is 5.69 Å². The van der Waals surface area contributed by atoms with E-state index in [1.54, 1.807) is 13.0 Å². The second-order valence-electron chi connectivity index (χ2n) is 6.74. The smallest absolute Gasteiger partial charge is 0.347 e. The number of alkyl halides is 1. The molecular weight excluding hydrogens is 329 g/mol. The van der Waals surface area contributed by atoms with Crippen LogP contribution in [0.5, 0.6) is 0 Å². The fourth-order valence-electron chi connectivity index (χ4n) is 3.64. The van der Waals surface area contributed by atoms with Crippen molar-refractivity contribution in [2.45, 2.75) is 51.4 Å². The van der Waals surface area contributed by atoms with Crippen molar-refractivity contribution in [1.29, 1.82) is 0 Å². The second-order valence-corrected chi connectivity index (χ2v) is 6.74. The Hall–Kier alpha value is -2.45. The number of nitrogens with zero attached hydrogens (tertiary/aromatic N) is 5. The van der Waals surface area contributed by atoms with Crippen LogP contribution >= 0.6 is 0 Å². The van der Waals surface area contributed by atoms with Gasteiger partial charge in [-0.25, -0.2) is 13.9 Å². The molecule has 0 spiro atoms. The third-order valence-electron chi connectivity index (χ3n) is 4.84. The largest absolute Gasteiger partial charge is 0.359 e. The van der Waals surface area contributed by atoms with Crippen LogP contribution in [0.15, 0.2) is 15.4 Å². The Labute approximate surface area is 143 Å². The molecule has 0 aromatic carbocycles. The van der Waals surface area contributed by atoms with Crippen molar-refractivity contribution in [1.82, 2.24) is 24.4 Å². The first-order chi connectivity index (χ1) is 12.0. The summed E-state index contributed by atoms with van der Waals surface area (Å²) >= 11 is 0. The number of aromatic nitrogens is 4. The molecule has 4 rings (SSSR count). The van der Waals surface area contributed by atoms with Crippen molar-refractivity contribution >= 4 is 5.91 Å². The van der Waals surface area contributed by atoms with Gasteiger partial charge in [0.15, 0.2) is 5.76 Å². The highest BCUT2D eigenvalue weighted by Crippen LogP contribution is 2.26. The molecular formula is C16H20FN5O3. The monoisotopic (exact) mass is 349 g/mol. The molecule has 25 heavy (non-hydrogen) atoms. The predicted molar refractivity (Wildman–Crippen MR) is 84.9 cm³/mol. The Bertz CT molecular complexity index is 854. The van der Waals surface area contributed by atoms with Gasteiger partial charge in [0.25, 0.3) is 0 Å². The molecule has 0 aliphatic carbocycles. The third kappa shape index (κ3) is 2.87. The number of halogens is 1. The Balaban J connectivity index is 1.62. The van der Waals surface area contributed by atoms with Gasteiger partial charge in [0.1, 0.15) is 24.6 Å². The van der Waals surface area contributed by atoms with Gasteiger partial charge in [-0.1, -0.05) is 5.16 Å². The molecule has 2 atom stereocenters. The normalized spacial score (nSPS) is 23.0. The first-order valence-electron chi connectivity index (χ1n) is 8.56. The Morgan fingerprint density at radius 2 is 2.28 bits per heavy atom. The molecule has 1 amide bonds. The molecule has 4 heterocycles. The summed E-state index contributed by atoms with van der Waals surface area (Å²) < 4.78 is 21.4. The van der Waals surface area contributed by atoms with Crippen LogP contribution in [0.1, 0.15) is 42.6 Å². The SMILES string of the molecule is Cc1cc(Cn2nc3n(c2=O)C(C(=O)N2CC[C@H](F)C2)CCC3)on1. The van der Waals surface area contributed by atoms with Crippen LogP contribution in [0.2, 0.25) is 0 Å². The van der Waals surface area contributed by atoms with Crippen LogP contribution in [0.25, 0.3) is 0 Å². The minimum atomic E-state index is -0.971. The predicted octanol–water partition coefficient (Wildman–Crippen LogP) is 0.837. The van der Waals surface area contributed by atoms with Crippen molar-refractivity contribution < 1.29 is 13.7 Å². The highest BCUT2D eigenvalue weighted by Gasteiger charge is 2.36. The number of carbonyl (C=O) groups is 1. The number of rotatable bonds is 3. The van der Waals surface area contributed by atoms with E-state index in [1.165, 1.54) is 14.1 Å². The molecule has 0 radical (unpaired) electrons. The van der Waals surface area contributed by atoms with Crippen molar-refractivity contribution in [2.24, 2.45) is 0 Å². The van der Waals surface area contributed by atoms with E-state index in [0.717, 1.165) is 12.1 Å². The van der Waals surface area contributed by atoms with E-state index in [0.29, 0.717) is 37.4 Å². The molecule has 1 fully saturated rings. The summed E-state index contributed by atoms with van der Waals surface area (Å²) in [4.78, 5) is 27.1. The van der Waals surface area contributed by atoms with Crippen molar-refractivity contribution in [3.05, 3.63) is 33.8 Å². The van der Waals surface area contributed by atoms with Gasteiger partial charge in [-0.15, -0.1) is 0 Å². The molecule has 2 aliphatic rings.